The van der Waals surface area contributed by atoms with Crippen molar-refractivity contribution in [3.63, 3.8) is 0 Å². The fourth-order valence-electron chi connectivity index (χ4n) is 8.16. The number of hydrogen-bond donors (Lipinski definition) is 0. The lowest BCUT2D eigenvalue weighted by atomic mass is 9.85. The summed E-state index contributed by atoms with van der Waals surface area (Å²) in [6.07, 6.45) is 0. The van der Waals surface area contributed by atoms with E-state index in [1.54, 1.807) is 0 Å². The summed E-state index contributed by atoms with van der Waals surface area (Å²) in [5.41, 5.74) is 8.35. The van der Waals surface area contributed by atoms with E-state index in [2.05, 4.69) is 205 Å². The van der Waals surface area contributed by atoms with Crippen LogP contribution in [0.1, 0.15) is 0 Å². The molecule has 51 heavy (non-hydrogen) atoms. The second-order valence-corrected chi connectivity index (χ2v) is 13.3. The van der Waals surface area contributed by atoms with E-state index in [0.29, 0.717) is 0 Å². The van der Waals surface area contributed by atoms with Gasteiger partial charge in [0.1, 0.15) is 0 Å². The van der Waals surface area contributed by atoms with Crippen molar-refractivity contribution in [2.75, 3.05) is 4.90 Å². The van der Waals surface area contributed by atoms with E-state index < -0.39 is 0 Å². The smallest absolute Gasteiger partial charge is 0.0546 e. The predicted octanol–water partition coefficient (Wildman–Crippen LogP) is 14.3. The van der Waals surface area contributed by atoms with Crippen LogP contribution in [-0.2, 0) is 0 Å². The van der Waals surface area contributed by atoms with Gasteiger partial charge in [-0.2, -0.15) is 0 Å². The molecule has 0 N–H and O–H groups in total. The summed E-state index contributed by atoms with van der Waals surface area (Å²) in [4.78, 5) is 2.49. The summed E-state index contributed by atoms with van der Waals surface area (Å²) in [6, 6.07) is 73.1. The normalized spacial score (nSPS) is 11.5. The molecule has 0 amide bonds. The molecule has 0 radical (unpaired) electrons. The summed E-state index contributed by atoms with van der Waals surface area (Å²) in [6.45, 7) is 0. The molecule has 1 heteroatoms. The van der Waals surface area contributed by atoms with E-state index in [9.17, 15) is 0 Å². The molecular formula is C50H33N. The number of nitrogens with zero attached hydrogens (tertiary/aromatic N) is 1. The van der Waals surface area contributed by atoms with Gasteiger partial charge in [0, 0.05) is 16.5 Å². The minimum atomic E-state index is 1.12. The molecule has 10 aromatic carbocycles. The first-order valence-electron chi connectivity index (χ1n) is 17.6. The topological polar surface area (TPSA) is 3.24 Å². The first-order valence-corrected chi connectivity index (χ1v) is 17.6. The van der Waals surface area contributed by atoms with E-state index >= 15 is 0 Å². The second kappa shape index (κ2) is 12.0. The highest BCUT2D eigenvalue weighted by Crippen LogP contribution is 2.49. The zero-order valence-corrected chi connectivity index (χ0v) is 28.0. The number of benzene rings is 10. The molecule has 0 fully saturated rings. The maximum absolute atomic E-state index is 2.49. The van der Waals surface area contributed by atoms with E-state index in [1.807, 2.05) is 0 Å². The van der Waals surface area contributed by atoms with Crippen LogP contribution in [-0.4, -0.2) is 0 Å². The summed E-state index contributed by atoms with van der Waals surface area (Å²) in [7, 11) is 0. The predicted molar refractivity (Wildman–Crippen MR) is 220 cm³/mol. The Bertz CT molecular complexity index is 2900. The van der Waals surface area contributed by atoms with Gasteiger partial charge in [-0.3, -0.25) is 0 Å². The SMILES string of the molecule is c1ccc(-c2c(-c3ccccc3)c3cc(N(c4cccc5ccccc45)c4cc5ccccc5c5ccccc45)ccc3c3ccccc23)cc1. The minimum Gasteiger partial charge on any atom is -0.309 e. The van der Waals surface area contributed by atoms with Crippen LogP contribution < -0.4 is 4.90 Å². The largest absolute Gasteiger partial charge is 0.309 e. The zero-order valence-electron chi connectivity index (χ0n) is 28.0. The molecule has 0 aromatic heterocycles. The number of hydrogen-bond acceptors (Lipinski definition) is 1. The molecule has 0 unspecified atom stereocenters. The Morgan fingerprint density at radius 3 is 1.45 bits per heavy atom. The van der Waals surface area contributed by atoms with Crippen molar-refractivity contribution in [3.05, 3.63) is 200 Å². The molecule has 0 saturated carbocycles. The Morgan fingerprint density at radius 1 is 0.255 bits per heavy atom. The van der Waals surface area contributed by atoms with Crippen LogP contribution in [0.2, 0.25) is 0 Å². The van der Waals surface area contributed by atoms with Crippen LogP contribution in [0.15, 0.2) is 200 Å². The number of rotatable bonds is 5. The van der Waals surface area contributed by atoms with Crippen molar-refractivity contribution >= 4 is 70.9 Å². The molecule has 0 atom stereocenters. The molecule has 238 valence electrons. The zero-order chi connectivity index (χ0) is 33.7. The Balaban J connectivity index is 1.36. The molecule has 10 rings (SSSR count). The first kappa shape index (κ1) is 29.2. The molecule has 0 aliphatic rings. The van der Waals surface area contributed by atoms with Gasteiger partial charge in [-0.05, 0) is 89.6 Å². The molecule has 0 bridgehead atoms. The fraction of sp³-hybridized carbons (Fsp3) is 0. The molecule has 0 heterocycles. The third kappa shape index (κ3) is 4.78. The van der Waals surface area contributed by atoms with Crippen LogP contribution in [0, 0.1) is 0 Å². The van der Waals surface area contributed by atoms with Crippen molar-refractivity contribution in [2.45, 2.75) is 0 Å². The Labute approximate surface area is 297 Å². The molecule has 0 aliphatic carbocycles. The highest BCUT2D eigenvalue weighted by atomic mass is 15.1. The van der Waals surface area contributed by atoms with Crippen LogP contribution in [0.25, 0.3) is 76.1 Å². The summed E-state index contributed by atoms with van der Waals surface area (Å²) >= 11 is 0. The van der Waals surface area contributed by atoms with Gasteiger partial charge >= 0.3 is 0 Å². The Morgan fingerprint density at radius 2 is 0.745 bits per heavy atom. The molecule has 0 saturated heterocycles. The summed E-state index contributed by atoms with van der Waals surface area (Å²) in [5.74, 6) is 0. The van der Waals surface area contributed by atoms with Crippen molar-refractivity contribution < 1.29 is 0 Å². The van der Waals surface area contributed by atoms with Crippen LogP contribution in [0.3, 0.4) is 0 Å². The maximum atomic E-state index is 2.49. The molecule has 1 nitrogen and oxygen atoms in total. The highest BCUT2D eigenvalue weighted by molar-refractivity contribution is 6.23. The van der Waals surface area contributed by atoms with Gasteiger partial charge in [0.15, 0.2) is 0 Å². The van der Waals surface area contributed by atoms with Crippen molar-refractivity contribution in [1.82, 2.24) is 0 Å². The lowest BCUT2D eigenvalue weighted by Gasteiger charge is -2.29. The monoisotopic (exact) mass is 647 g/mol. The van der Waals surface area contributed by atoms with Gasteiger partial charge in [0.25, 0.3) is 0 Å². The van der Waals surface area contributed by atoms with Crippen molar-refractivity contribution in [1.29, 1.82) is 0 Å². The average Bonchev–Trinajstić information content (AvgIpc) is 3.21. The quantitative estimate of drug-likeness (QED) is 0.168. The lowest BCUT2D eigenvalue weighted by Crippen LogP contribution is -2.11. The van der Waals surface area contributed by atoms with Crippen molar-refractivity contribution in [3.8, 4) is 22.3 Å². The van der Waals surface area contributed by atoms with Crippen LogP contribution in [0.5, 0.6) is 0 Å². The van der Waals surface area contributed by atoms with Gasteiger partial charge in [-0.1, -0.05) is 176 Å². The highest BCUT2D eigenvalue weighted by Gasteiger charge is 2.22. The Hall–Kier alpha value is -6.70. The van der Waals surface area contributed by atoms with Crippen molar-refractivity contribution in [2.24, 2.45) is 0 Å². The van der Waals surface area contributed by atoms with Gasteiger partial charge in [0.05, 0.1) is 11.4 Å². The van der Waals surface area contributed by atoms with E-state index in [4.69, 9.17) is 0 Å². The molecular weight excluding hydrogens is 615 g/mol. The number of fused-ring (bicyclic) bond motifs is 7. The summed E-state index contributed by atoms with van der Waals surface area (Å²) in [5, 5.41) is 12.4. The van der Waals surface area contributed by atoms with Gasteiger partial charge in [-0.25, -0.2) is 0 Å². The standard InChI is InChI=1S/C50H33N/c1-3-17-35(18-4-1)49-45-28-14-12-26-42(45)43-31-30-38(33-46(43)50(49)36-19-5-2-6-20-36)51(47-29-15-22-34-16-7-10-24-40(34)47)48-32-37-21-8-9-23-39(37)41-25-11-13-27-44(41)48/h1-33H. The van der Waals surface area contributed by atoms with Crippen LogP contribution >= 0.6 is 0 Å². The third-order valence-electron chi connectivity index (χ3n) is 10.4. The second-order valence-electron chi connectivity index (χ2n) is 13.3. The molecule has 0 aliphatic heterocycles. The maximum Gasteiger partial charge on any atom is 0.0546 e. The minimum absolute atomic E-state index is 1.12. The first-order chi connectivity index (χ1) is 25.3. The molecule has 10 aromatic rings. The third-order valence-corrected chi connectivity index (χ3v) is 10.4. The van der Waals surface area contributed by atoms with Gasteiger partial charge in [-0.15, -0.1) is 0 Å². The van der Waals surface area contributed by atoms with Gasteiger partial charge < -0.3 is 4.90 Å². The fourth-order valence-corrected chi connectivity index (χ4v) is 8.16. The average molecular weight is 648 g/mol. The number of anilines is 3. The lowest BCUT2D eigenvalue weighted by molar-refractivity contribution is 1.32. The van der Waals surface area contributed by atoms with E-state index in [0.717, 1.165) is 17.1 Å². The van der Waals surface area contributed by atoms with E-state index in [-0.39, 0.29) is 0 Å². The summed E-state index contributed by atoms with van der Waals surface area (Å²) < 4.78 is 0. The van der Waals surface area contributed by atoms with Gasteiger partial charge in [0.2, 0.25) is 0 Å². The Kier molecular flexibility index (Phi) is 6.89. The van der Waals surface area contributed by atoms with E-state index in [1.165, 1.54) is 76.1 Å². The van der Waals surface area contributed by atoms with Crippen LogP contribution in [0.4, 0.5) is 17.1 Å². The molecule has 0 spiro atoms.